The summed E-state index contributed by atoms with van der Waals surface area (Å²) in [5.41, 5.74) is 1.17. The Hall–Kier alpha value is -1.61. The van der Waals surface area contributed by atoms with Crippen LogP contribution in [0.5, 0.6) is 5.75 Å². The van der Waals surface area contributed by atoms with Crippen molar-refractivity contribution in [3.63, 3.8) is 0 Å². The molecule has 21 heavy (non-hydrogen) atoms. The summed E-state index contributed by atoms with van der Waals surface area (Å²) in [5, 5.41) is 1.10. The molecule has 3 heteroatoms. The third-order valence-electron chi connectivity index (χ3n) is 3.26. The third-order valence-corrected chi connectivity index (χ3v) is 4.37. The third kappa shape index (κ3) is 5.01. The Bertz CT molecular complexity index is 557. The molecule has 0 atom stereocenters. The number of nitrogens with zero attached hydrogens (tertiary/aromatic N) is 1. The van der Waals surface area contributed by atoms with Crippen LogP contribution in [0.15, 0.2) is 42.6 Å². The highest BCUT2D eigenvalue weighted by Gasteiger charge is 2.05. The fourth-order valence-corrected chi connectivity index (χ4v) is 3.00. The highest BCUT2D eigenvalue weighted by molar-refractivity contribution is 7.15. The number of rotatable bonds is 8. The van der Waals surface area contributed by atoms with Crippen LogP contribution in [0.4, 0.5) is 0 Å². The molecule has 0 saturated heterocycles. The minimum Gasteiger partial charge on any atom is -0.490 e. The van der Waals surface area contributed by atoms with Crippen LogP contribution in [-0.2, 0) is 6.42 Å². The Morgan fingerprint density at radius 3 is 2.71 bits per heavy atom. The first-order valence-electron chi connectivity index (χ1n) is 7.62. The molecular weight excluding hydrogens is 278 g/mol. The average molecular weight is 301 g/mol. The van der Waals surface area contributed by atoms with Crippen LogP contribution in [-0.4, -0.2) is 11.6 Å². The maximum Gasteiger partial charge on any atom is 0.123 e. The number of ether oxygens (including phenoxy) is 1. The van der Waals surface area contributed by atoms with E-state index in [0.717, 1.165) is 17.2 Å². The van der Waals surface area contributed by atoms with Gasteiger partial charge in [0, 0.05) is 16.6 Å². The molecule has 0 saturated carbocycles. The van der Waals surface area contributed by atoms with Crippen LogP contribution in [0.25, 0.3) is 10.6 Å². The number of aryl methyl sites for hydroxylation is 1. The Morgan fingerprint density at radius 1 is 1.19 bits per heavy atom. The number of aromatic nitrogens is 1. The molecule has 0 fully saturated rings. The van der Waals surface area contributed by atoms with E-state index >= 15 is 0 Å². The molecule has 0 unspecified atom stereocenters. The van der Waals surface area contributed by atoms with Crippen LogP contribution in [0.1, 0.15) is 38.0 Å². The smallest absolute Gasteiger partial charge is 0.123 e. The van der Waals surface area contributed by atoms with Crippen molar-refractivity contribution >= 4 is 11.3 Å². The quantitative estimate of drug-likeness (QED) is 0.474. The molecule has 2 aromatic rings. The van der Waals surface area contributed by atoms with Crippen molar-refractivity contribution in [2.45, 2.75) is 39.5 Å². The largest absolute Gasteiger partial charge is 0.490 e. The molecule has 0 radical (unpaired) electrons. The van der Waals surface area contributed by atoms with Gasteiger partial charge in [-0.15, -0.1) is 11.3 Å². The van der Waals surface area contributed by atoms with Crippen molar-refractivity contribution in [3.05, 3.63) is 47.5 Å². The summed E-state index contributed by atoms with van der Waals surface area (Å²) in [5.74, 6) is 0.900. The molecule has 0 aliphatic heterocycles. The SMILES string of the molecule is CC=CCOc1ccc(-c2ncc(CCCCC)s2)cc1. The fraction of sp³-hybridized carbons (Fsp3) is 0.389. The molecule has 0 bridgehead atoms. The van der Waals surface area contributed by atoms with Gasteiger partial charge in [0.25, 0.3) is 0 Å². The first-order valence-corrected chi connectivity index (χ1v) is 8.44. The first kappa shape index (κ1) is 15.8. The van der Waals surface area contributed by atoms with Crippen LogP contribution >= 0.6 is 11.3 Å². The maximum atomic E-state index is 5.60. The standard InChI is InChI=1S/C18H23NOS/c1-3-5-7-8-17-14-19-18(21-17)15-9-11-16(12-10-15)20-13-6-4-2/h4,6,9-12,14H,3,5,7-8,13H2,1-2H3. The second kappa shape index (κ2) is 8.63. The highest BCUT2D eigenvalue weighted by atomic mass is 32.1. The van der Waals surface area contributed by atoms with E-state index in [9.17, 15) is 0 Å². The van der Waals surface area contributed by atoms with Gasteiger partial charge < -0.3 is 4.74 Å². The average Bonchev–Trinajstić information content (AvgIpc) is 2.97. The predicted molar refractivity (Wildman–Crippen MR) is 91.1 cm³/mol. The lowest BCUT2D eigenvalue weighted by molar-refractivity contribution is 0.363. The predicted octanol–water partition coefficient (Wildman–Crippen LogP) is 5.50. The first-order chi connectivity index (χ1) is 10.3. The van der Waals surface area contributed by atoms with E-state index in [-0.39, 0.29) is 0 Å². The summed E-state index contributed by atoms with van der Waals surface area (Å²) in [6.07, 6.45) is 11.0. The normalized spacial score (nSPS) is 11.1. The second-order valence-electron chi connectivity index (χ2n) is 4.99. The molecule has 0 aliphatic rings. The van der Waals surface area contributed by atoms with Gasteiger partial charge in [0.05, 0.1) is 0 Å². The van der Waals surface area contributed by atoms with E-state index in [0.29, 0.717) is 6.61 Å². The van der Waals surface area contributed by atoms with Crippen molar-refractivity contribution in [2.24, 2.45) is 0 Å². The Kier molecular flexibility index (Phi) is 6.48. The van der Waals surface area contributed by atoms with Gasteiger partial charge in [0.15, 0.2) is 0 Å². The van der Waals surface area contributed by atoms with Gasteiger partial charge in [-0.1, -0.05) is 31.9 Å². The zero-order valence-corrected chi connectivity index (χ0v) is 13.7. The molecule has 0 spiro atoms. The number of unbranched alkanes of at least 4 members (excludes halogenated alkanes) is 2. The Morgan fingerprint density at radius 2 is 2.00 bits per heavy atom. The Balaban J connectivity index is 1.95. The van der Waals surface area contributed by atoms with Crippen LogP contribution in [0.3, 0.4) is 0 Å². The molecule has 112 valence electrons. The van der Waals surface area contributed by atoms with Crippen molar-refractivity contribution in [2.75, 3.05) is 6.61 Å². The number of allylic oxidation sites excluding steroid dienone is 1. The van der Waals surface area contributed by atoms with Gasteiger partial charge >= 0.3 is 0 Å². The molecule has 1 aromatic heterocycles. The lowest BCUT2D eigenvalue weighted by Crippen LogP contribution is -1.92. The summed E-state index contributed by atoms with van der Waals surface area (Å²) in [6.45, 7) is 4.85. The van der Waals surface area contributed by atoms with E-state index < -0.39 is 0 Å². The monoisotopic (exact) mass is 301 g/mol. The molecule has 0 N–H and O–H groups in total. The lowest BCUT2D eigenvalue weighted by atomic mass is 10.2. The van der Waals surface area contributed by atoms with Gasteiger partial charge in [-0.25, -0.2) is 4.98 Å². The zero-order valence-electron chi connectivity index (χ0n) is 12.8. The fourth-order valence-electron chi connectivity index (χ4n) is 2.04. The topological polar surface area (TPSA) is 22.1 Å². The van der Waals surface area contributed by atoms with E-state index in [2.05, 4.69) is 24.0 Å². The van der Waals surface area contributed by atoms with Gasteiger partial charge in [-0.2, -0.15) is 0 Å². The molecule has 2 rings (SSSR count). The minimum atomic E-state index is 0.620. The van der Waals surface area contributed by atoms with Crippen LogP contribution in [0, 0.1) is 0 Å². The summed E-state index contributed by atoms with van der Waals surface area (Å²) in [4.78, 5) is 5.92. The number of thiazole rings is 1. The van der Waals surface area contributed by atoms with Crippen molar-refractivity contribution in [3.8, 4) is 16.3 Å². The van der Waals surface area contributed by atoms with E-state index in [1.807, 2.05) is 37.4 Å². The van der Waals surface area contributed by atoms with Gasteiger partial charge in [-0.05, 0) is 44.0 Å². The van der Waals surface area contributed by atoms with E-state index in [1.165, 1.54) is 29.7 Å². The molecule has 2 nitrogen and oxygen atoms in total. The van der Waals surface area contributed by atoms with Crippen molar-refractivity contribution in [1.82, 2.24) is 4.98 Å². The number of benzene rings is 1. The number of hydrogen-bond acceptors (Lipinski definition) is 3. The molecule has 0 aliphatic carbocycles. The highest BCUT2D eigenvalue weighted by Crippen LogP contribution is 2.27. The number of hydrogen-bond donors (Lipinski definition) is 0. The Labute approximate surface area is 131 Å². The summed E-state index contributed by atoms with van der Waals surface area (Å²) >= 11 is 1.80. The second-order valence-corrected chi connectivity index (χ2v) is 6.11. The van der Waals surface area contributed by atoms with Crippen LogP contribution in [0.2, 0.25) is 0 Å². The van der Waals surface area contributed by atoms with Gasteiger partial charge in [-0.3, -0.25) is 0 Å². The molecular formula is C18H23NOS. The lowest BCUT2D eigenvalue weighted by Gasteiger charge is -2.03. The maximum absolute atomic E-state index is 5.60. The van der Waals surface area contributed by atoms with Gasteiger partial charge in [0.1, 0.15) is 17.4 Å². The summed E-state index contributed by atoms with van der Waals surface area (Å²) in [6, 6.07) is 8.19. The van der Waals surface area contributed by atoms with Crippen molar-refractivity contribution in [1.29, 1.82) is 0 Å². The molecule has 1 heterocycles. The molecule has 0 amide bonds. The van der Waals surface area contributed by atoms with Gasteiger partial charge in [0.2, 0.25) is 0 Å². The minimum absolute atomic E-state index is 0.620. The van der Waals surface area contributed by atoms with E-state index in [4.69, 9.17) is 4.74 Å². The van der Waals surface area contributed by atoms with Crippen molar-refractivity contribution < 1.29 is 4.74 Å². The molecule has 1 aromatic carbocycles. The zero-order chi connectivity index (χ0) is 14.9. The van der Waals surface area contributed by atoms with E-state index in [1.54, 1.807) is 11.3 Å². The van der Waals surface area contributed by atoms with Crippen LogP contribution < -0.4 is 4.74 Å². The summed E-state index contributed by atoms with van der Waals surface area (Å²) < 4.78 is 5.60. The summed E-state index contributed by atoms with van der Waals surface area (Å²) in [7, 11) is 0.